The van der Waals surface area contributed by atoms with E-state index < -0.39 is 0 Å². The van der Waals surface area contributed by atoms with Crippen LogP contribution in [0, 0.1) is 0 Å². The summed E-state index contributed by atoms with van der Waals surface area (Å²) >= 11 is 2.95. The molecule has 0 aliphatic heterocycles. The van der Waals surface area contributed by atoms with Gasteiger partial charge in [0.15, 0.2) is 4.34 Å². The third-order valence-electron chi connectivity index (χ3n) is 2.56. The number of hydrogen-bond acceptors (Lipinski definition) is 5. The molecule has 0 radical (unpaired) electrons. The Morgan fingerprint density at radius 3 is 2.64 bits per heavy atom. The number of thioether (sulfide) groups is 1. The monoisotopic (exact) mass is 337 g/mol. The van der Waals surface area contributed by atoms with Gasteiger partial charge in [0.2, 0.25) is 11.8 Å². The fraction of sp³-hybridized carbons (Fsp3) is 0.400. The van der Waals surface area contributed by atoms with E-state index in [1.807, 2.05) is 45.0 Å². The second-order valence-electron chi connectivity index (χ2n) is 5.81. The van der Waals surface area contributed by atoms with Crippen molar-refractivity contribution in [3.8, 4) is 0 Å². The molecular formula is C15H19N3O2S2. The maximum atomic E-state index is 11.8. The average molecular weight is 337 g/mol. The molecule has 0 fully saturated rings. The Labute approximate surface area is 137 Å². The molecule has 0 aliphatic carbocycles. The molecule has 7 heteroatoms. The summed E-state index contributed by atoms with van der Waals surface area (Å²) in [5.41, 5.74) is 0.650. The standard InChI is InChI=1S/C15H19N3O2S2/c1-15(2,3)18-12(19)8-16-13(20)9-21-14-17-10-6-4-5-7-11(10)22-14/h4-7H,8-9H2,1-3H3,(H,16,20)(H,18,19). The number of carbonyl (C=O) groups is 2. The van der Waals surface area contributed by atoms with Crippen LogP contribution in [0.4, 0.5) is 0 Å². The molecule has 1 aromatic carbocycles. The van der Waals surface area contributed by atoms with Crippen LogP contribution in [0.1, 0.15) is 20.8 Å². The second kappa shape index (κ2) is 7.11. The van der Waals surface area contributed by atoms with Crippen LogP contribution in [-0.2, 0) is 9.59 Å². The van der Waals surface area contributed by atoms with Gasteiger partial charge in [-0.1, -0.05) is 23.9 Å². The van der Waals surface area contributed by atoms with Crippen LogP contribution in [0.5, 0.6) is 0 Å². The highest BCUT2D eigenvalue weighted by Gasteiger charge is 2.14. The van der Waals surface area contributed by atoms with E-state index in [4.69, 9.17) is 0 Å². The lowest BCUT2D eigenvalue weighted by atomic mass is 10.1. The van der Waals surface area contributed by atoms with Gasteiger partial charge in [-0.3, -0.25) is 9.59 Å². The number of benzene rings is 1. The number of amides is 2. The Morgan fingerprint density at radius 1 is 1.23 bits per heavy atom. The molecule has 1 aromatic heterocycles. The van der Waals surface area contributed by atoms with E-state index in [2.05, 4.69) is 15.6 Å². The van der Waals surface area contributed by atoms with Gasteiger partial charge in [0.1, 0.15) is 0 Å². The minimum Gasteiger partial charge on any atom is -0.350 e. The van der Waals surface area contributed by atoms with Crippen LogP contribution >= 0.6 is 23.1 Å². The highest BCUT2D eigenvalue weighted by molar-refractivity contribution is 8.01. The van der Waals surface area contributed by atoms with Crippen LogP contribution in [-0.4, -0.2) is 34.6 Å². The van der Waals surface area contributed by atoms with Crippen LogP contribution in [0.3, 0.4) is 0 Å². The topological polar surface area (TPSA) is 71.1 Å². The van der Waals surface area contributed by atoms with Gasteiger partial charge in [0.25, 0.3) is 0 Å². The van der Waals surface area contributed by atoms with Gasteiger partial charge >= 0.3 is 0 Å². The highest BCUT2D eigenvalue weighted by atomic mass is 32.2. The van der Waals surface area contributed by atoms with E-state index >= 15 is 0 Å². The van der Waals surface area contributed by atoms with E-state index in [0.29, 0.717) is 0 Å². The van der Waals surface area contributed by atoms with Crippen LogP contribution in [0.15, 0.2) is 28.6 Å². The first-order valence-electron chi connectivity index (χ1n) is 6.89. The Balaban J connectivity index is 1.77. The van der Waals surface area contributed by atoms with Crippen molar-refractivity contribution in [1.29, 1.82) is 0 Å². The summed E-state index contributed by atoms with van der Waals surface area (Å²) in [7, 11) is 0. The van der Waals surface area contributed by atoms with E-state index in [0.717, 1.165) is 14.6 Å². The van der Waals surface area contributed by atoms with E-state index in [-0.39, 0.29) is 29.7 Å². The zero-order valence-corrected chi connectivity index (χ0v) is 14.4. The van der Waals surface area contributed by atoms with Crippen molar-refractivity contribution < 1.29 is 9.59 Å². The summed E-state index contributed by atoms with van der Waals surface area (Å²) in [5.74, 6) is -0.109. The predicted molar refractivity (Wildman–Crippen MR) is 91.2 cm³/mol. The quantitative estimate of drug-likeness (QED) is 0.822. The molecule has 1 heterocycles. The van der Waals surface area contributed by atoms with Crippen molar-refractivity contribution in [2.24, 2.45) is 0 Å². The number of rotatable bonds is 5. The molecule has 0 aliphatic rings. The van der Waals surface area contributed by atoms with Gasteiger partial charge in [0.05, 0.1) is 22.5 Å². The molecule has 22 heavy (non-hydrogen) atoms. The molecule has 0 unspecified atom stereocenters. The van der Waals surface area contributed by atoms with Crippen LogP contribution in [0.25, 0.3) is 10.2 Å². The first kappa shape index (κ1) is 16.8. The molecule has 2 N–H and O–H groups in total. The molecule has 2 aromatic rings. The first-order valence-corrected chi connectivity index (χ1v) is 8.70. The normalized spacial score (nSPS) is 11.4. The fourth-order valence-corrected chi connectivity index (χ4v) is 3.63. The minimum atomic E-state index is -0.294. The maximum Gasteiger partial charge on any atom is 0.239 e. The molecule has 118 valence electrons. The van der Waals surface area contributed by atoms with Crippen molar-refractivity contribution in [2.45, 2.75) is 30.6 Å². The van der Waals surface area contributed by atoms with Crippen molar-refractivity contribution in [2.75, 3.05) is 12.3 Å². The zero-order valence-electron chi connectivity index (χ0n) is 12.8. The maximum absolute atomic E-state index is 11.8. The Bertz CT molecular complexity index is 644. The Morgan fingerprint density at radius 2 is 1.95 bits per heavy atom. The Hall–Kier alpha value is -1.60. The van der Waals surface area contributed by atoms with Crippen molar-refractivity contribution in [3.63, 3.8) is 0 Å². The van der Waals surface area contributed by atoms with Gasteiger partial charge in [-0.05, 0) is 32.9 Å². The molecule has 0 spiro atoms. The predicted octanol–water partition coefficient (Wildman–Crippen LogP) is 2.42. The summed E-state index contributed by atoms with van der Waals surface area (Å²) in [6.07, 6.45) is 0. The van der Waals surface area contributed by atoms with Crippen molar-refractivity contribution in [1.82, 2.24) is 15.6 Å². The fourth-order valence-electron chi connectivity index (χ4n) is 1.73. The number of hydrogen-bond donors (Lipinski definition) is 2. The third kappa shape index (κ3) is 5.31. The minimum absolute atomic E-state index is 0.00346. The SMILES string of the molecule is CC(C)(C)NC(=O)CNC(=O)CSc1nc2ccccc2s1. The molecule has 2 rings (SSSR count). The number of thiazole rings is 1. The largest absolute Gasteiger partial charge is 0.350 e. The molecule has 5 nitrogen and oxygen atoms in total. The summed E-state index contributed by atoms with van der Waals surface area (Å²) in [6, 6.07) is 7.87. The average Bonchev–Trinajstić information content (AvgIpc) is 2.84. The van der Waals surface area contributed by atoms with E-state index in [9.17, 15) is 9.59 Å². The number of fused-ring (bicyclic) bond motifs is 1. The van der Waals surface area contributed by atoms with Crippen LogP contribution < -0.4 is 10.6 Å². The number of carbonyl (C=O) groups excluding carboxylic acids is 2. The number of nitrogens with one attached hydrogen (secondary N) is 2. The molecule has 0 atom stereocenters. The number of nitrogens with zero attached hydrogens (tertiary/aromatic N) is 1. The lowest BCUT2D eigenvalue weighted by Crippen LogP contribution is -2.46. The first-order chi connectivity index (χ1) is 10.3. The summed E-state index contributed by atoms with van der Waals surface area (Å²) < 4.78 is 1.96. The van der Waals surface area contributed by atoms with Gasteiger partial charge in [-0.2, -0.15) is 0 Å². The summed E-state index contributed by atoms with van der Waals surface area (Å²) in [4.78, 5) is 27.8. The van der Waals surface area contributed by atoms with E-state index in [1.54, 1.807) is 11.3 Å². The highest BCUT2D eigenvalue weighted by Crippen LogP contribution is 2.28. The van der Waals surface area contributed by atoms with E-state index in [1.165, 1.54) is 11.8 Å². The number of aromatic nitrogens is 1. The van der Waals surface area contributed by atoms with Crippen LogP contribution in [0.2, 0.25) is 0 Å². The molecule has 0 saturated heterocycles. The van der Waals surface area contributed by atoms with Gasteiger partial charge in [0, 0.05) is 5.54 Å². The van der Waals surface area contributed by atoms with Gasteiger partial charge in [-0.15, -0.1) is 11.3 Å². The van der Waals surface area contributed by atoms with Crippen molar-refractivity contribution in [3.05, 3.63) is 24.3 Å². The van der Waals surface area contributed by atoms with Crippen molar-refractivity contribution >= 4 is 45.1 Å². The molecular weight excluding hydrogens is 318 g/mol. The smallest absolute Gasteiger partial charge is 0.239 e. The third-order valence-corrected chi connectivity index (χ3v) is 4.74. The number of para-hydroxylation sites is 1. The lowest BCUT2D eigenvalue weighted by molar-refractivity contribution is -0.125. The zero-order chi connectivity index (χ0) is 16.2. The van der Waals surface area contributed by atoms with Gasteiger partial charge in [-0.25, -0.2) is 4.98 Å². The molecule has 2 amide bonds. The summed E-state index contributed by atoms with van der Waals surface area (Å²) in [6.45, 7) is 5.69. The lowest BCUT2D eigenvalue weighted by Gasteiger charge is -2.20. The second-order valence-corrected chi connectivity index (χ2v) is 8.06. The molecule has 0 saturated carbocycles. The Kier molecular flexibility index (Phi) is 5.42. The van der Waals surface area contributed by atoms with Gasteiger partial charge < -0.3 is 10.6 Å². The summed E-state index contributed by atoms with van der Waals surface area (Å²) in [5, 5.41) is 5.41. The molecule has 0 bridgehead atoms.